The summed E-state index contributed by atoms with van der Waals surface area (Å²) < 4.78 is 5.84. The minimum Gasteiger partial charge on any atom is -0.488 e. The highest BCUT2D eigenvalue weighted by atomic mass is 16.5. The molecule has 0 spiro atoms. The Kier molecular flexibility index (Phi) is 3.72. The molecule has 3 heteroatoms. The SMILES string of the molecule is Cc1cc(N)cc(C)c1OCc1ccc(C#N)cc1. The highest BCUT2D eigenvalue weighted by Gasteiger charge is 2.05. The fraction of sp³-hybridized carbons (Fsp3) is 0.188. The Morgan fingerprint density at radius 3 is 2.21 bits per heavy atom. The Morgan fingerprint density at radius 1 is 1.11 bits per heavy atom. The normalized spacial score (nSPS) is 9.95. The molecule has 2 N–H and O–H groups in total. The molecule has 0 fully saturated rings. The summed E-state index contributed by atoms with van der Waals surface area (Å²) in [5, 5.41) is 8.74. The van der Waals surface area contributed by atoms with E-state index in [2.05, 4.69) is 6.07 Å². The maximum atomic E-state index is 8.74. The summed E-state index contributed by atoms with van der Waals surface area (Å²) in [4.78, 5) is 0. The van der Waals surface area contributed by atoms with Gasteiger partial charge in [-0.15, -0.1) is 0 Å². The van der Waals surface area contributed by atoms with Crippen LogP contribution in [0.1, 0.15) is 22.3 Å². The lowest BCUT2D eigenvalue weighted by Crippen LogP contribution is -2.00. The number of nitriles is 1. The fourth-order valence-corrected chi connectivity index (χ4v) is 2.04. The molecule has 0 unspecified atom stereocenters. The number of hydrogen-bond donors (Lipinski definition) is 1. The van der Waals surface area contributed by atoms with Crippen molar-refractivity contribution in [3.63, 3.8) is 0 Å². The summed E-state index contributed by atoms with van der Waals surface area (Å²) in [5.41, 5.74) is 10.3. The Hall–Kier alpha value is -2.47. The van der Waals surface area contributed by atoms with Gasteiger partial charge in [-0.25, -0.2) is 0 Å². The van der Waals surface area contributed by atoms with Crippen LogP contribution in [0.2, 0.25) is 0 Å². The van der Waals surface area contributed by atoms with Crippen molar-refractivity contribution in [1.82, 2.24) is 0 Å². The predicted octanol–water partition coefficient (Wildman–Crippen LogP) is 3.34. The smallest absolute Gasteiger partial charge is 0.125 e. The minimum atomic E-state index is 0.483. The average molecular weight is 252 g/mol. The molecule has 0 saturated carbocycles. The molecule has 0 bridgehead atoms. The maximum Gasteiger partial charge on any atom is 0.125 e. The topological polar surface area (TPSA) is 59.0 Å². The number of aryl methyl sites for hydroxylation is 2. The molecular formula is C16H16N2O. The first-order chi connectivity index (χ1) is 9.10. The molecule has 0 aromatic heterocycles. The third kappa shape index (κ3) is 3.05. The number of benzene rings is 2. The molecule has 0 saturated heterocycles. The van der Waals surface area contributed by atoms with Crippen LogP contribution < -0.4 is 10.5 Å². The van der Waals surface area contributed by atoms with E-state index in [0.717, 1.165) is 28.1 Å². The van der Waals surface area contributed by atoms with Gasteiger partial charge >= 0.3 is 0 Å². The summed E-state index contributed by atoms with van der Waals surface area (Å²) in [7, 11) is 0. The number of hydrogen-bond acceptors (Lipinski definition) is 3. The number of anilines is 1. The van der Waals surface area contributed by atoms with E-state index in [1.807, 2.05) is 38.1 Å². The van der Waals surface area contributed by atoms with Crippen molar-refractivity contribution in [2.75, 3.05) is 5.73 Å². The molecule has 0 aliphatic heterocycles. The summed E-state index contributed by atoms with van der Waals surface area (Å²) in [5.74, 6) is 0.874. The number of nitrogen functional groups attached to an aromatic ring is 1. The van der Waals surface area contributed by atoms with Gasteiger partial charge in [-0.3, -0.25) is 0 Å². The van der Waals surface area contributed by atoms with Crippen molar-refractivity contribution < 1.29 is 4.74 Å². The van der Waals surface area contributed by atoms with Crippen molar-refractivity contribution in [2.24, 2.45) is 0 Å². The molecule has 2 rings (SSSR count). The highest BCUT2D eigenvalue weighted by Crippen LogP contribution is 2.26. The van der Waals surface area contributed by atoms with E-state index in [4.69, 9.17) is 15.7 Å². The van der Waals surface area contributed by atoms with Crippen molar-refractivity contribution in [1.29, 1.82) is 5.26 Å². The number of rotatable bonds is 3. The molecule has 0 aliphatic carbocycles. The summed E-state index contributed by atoms with van der Waals surface area (Å²) in [6, 6.07) is 13.3. The van der Waals surface area contributed by atoms with Gasteiger partial charge in [0.15, 0.2) is 0 Å². The van der Waals surface area contributed by atoms with Gasteiger partial charge < -0.3 is 10.5 Å². The van der Waals surface area contributed by atoms with Crippen LogP contribution in [-0.4, -0.2) is 0 Å². The van der Waals surface area contributed by atoms with E-state index in [0.29, 0.717) is 12.2 Å². The average Bonchev–Trinajstić information content (AvgIpc) is 2.38. The van der Waals surface area contributed by atoms with E-state index in [1.165, 1.54) is 0 Å². The molecule has 19 heavy (non-hydrogen) atoms. The van der Waals surface area contributed by atoms with E-state index in [9.17, 15) is 0 Å². The molecule has 2 aromatic rings. The summed E-state index contributed by atoms with van der Waals surface area (Å²) >= 11 is 0. The van der Waals surface area contributed by atoms with Crippen molar-refractivity contribution in [3.8, 4) is 11.8 Å². The van der Waals surface area contributed by atoms with Gasteiger partial charge in [0, 0.05) is 5.69 Å². The molecular weight excluding hydrogens is 236 g/mol. The van der Waals surface area contributed by atoms with Gasteiger partial charge in [-0.05, 0) is 54.8 Å². The number of nitrogens with zero attached hydrogens (tertiary/aromatic N) is 1. The molecule has 2 aromatic carbocycles. The Balaban J connectivity index is 2.12. The molecule has 0 aliphatic rings. The van der Waals surface area contributed by atoms with Crippen LogP contribution in [0.3, 0.4) is 0 Å². The van der Waals surface area contributed by atoms with Crippen LogP contribution in [0.5, 0.6) is 5.75 Å². The van der Waals surface area contributed by atoms with Gasteiger partial charge in [-0.1, -0.05) is 12.1 Å². The third-order valence-corrected chi connectivity index (χ3v) is 2.95. The first-order valence-corrected chi connectivity index (χ1v) is 6.08. The summed E-state index contributed by atoms with van der Waals surface area (Å²) in [6.07, 6.45) is 0. The van der Waals surface area contributed by atoms with Crippen LogP contribution in [0.15, 0.2) is 36.4 Å². The first-order valence-electron chi connectivity index (χ1n) is 6.08. The zero-order valence-electron chi connectivity index (χ0n) is 11.1. The summed E-state index contributed by atoms with van der Waals surface area (Å²) in [6.45, 7) is 4.45. The molecule has 0 atom stereocenters. The molecule has 0 radical (unpaired) electrons. The molecule has 3 nitrogen and oxygen atoms in total. The molecule has 0 heterocycles. The monoisotopic (exact) mass is 252 g/mol. The Bertz CT molecular complexity index is 601. The van der Waals surface area contributed by atoms with E-state index in [1.54, 1.807) is 12.1 Å². The lowest BCUT2D eigenvalue weighted by Gasteiger charge is -2.13. The van der Waals surface area contributed by atoms with Crippen LogP contribution in [-0.2, 0) is 6.61 Å². The molecule has 0 amide bonds. The van der Waals surface area contributed by atoms with Crippen LogP contribution in [0, 0.1) is 25.2 Å². The quantitative estimate of drug-likeness (QED) is 0.852. The van der Waals surface area contributed by atoms with E-state index >= 15 is 0 Å². The molecule has 96 valence electrons. The predicted molar refractivity (Wildman–Crippen MR) is 75.8 cm³/mol. The second-order valence-electron chi connectivity index (χ2n) is 4.58. The van der Waals surface area contributed by atoms with Crippen molar-refractivity contribution >= 4 is 5.69 Å². The minimum absolute atomic E-state index is 0.483. The number of ether oxygens (including phenoxy) is 1. The van der Waals surface area contributed by atoms with E-state index in [-0.39, 0.29) is 0 Å². The van der Waals surface area contributed by atoms with E-state index < -0.39 is 0 Å². The maximum absolute atomic E-state index is 8.74. The Morgan fingerprint density at radius 2 is 1.68 bits per heavy atom. The van der Waals surface area contributed by atoms with Gasteiger partial charge in [0.1, 0.15) is 12.4 Å². The van der Waals surface area contributed by atoms with Crippen molar-refractivity contribution in [3.05, 3.63) is 58.7 Å². The fourth-order valence-electron chi connectivity index (χ4n) is 2.04. The second kappa shape index (κ2) is 5.45. The largest absolute Gasteiger partial charge is 0.488 e. The van der Waals surface area contributed by atoms with Crippen LogP contribution >= 0.6 is 0 Å². The van der Waals surface area contributed by atoms with Gasteiger partial charge in [0.05, 0.1) is 11.6 Å². The van der Waals surface area contributed by atoms with Gasteiger partial charge in [0.25, 0.3) is 0 Å². The standard InChI is InChI=1S/C16H16N2O/c1-11-7-15(18)8-12(2)16(11)19-10-14-5-3-13(9-17)4-6-14/h3-8H,10,18H2,1-2H3. The zero-order valence-corrected chi connectivity index (χ0v) is 11.1. The van der Waals surface area contributed by atoms with Crippen molar-refractivity contribution in [2.45, 2.75) is 20.5 Å². The number of nitrogens with two attached hydrogens (primary N) is 1. The zero-order chi connectivity index (χ0) is 13.8. The lowest BCUT2D eigenvalue weighted by atomic mass is 10.1. The van der Waals surface area contributed by atoms with Crippen LogP contribution in [0.25, 0.3) is 0 Å². The first kappa shape index (κ1) is 13.0. The second-order valence-corrected chi connectivity index (χ2v) is 4.58. The van der Waals surface area contributed by atoms with Gasteiger partial charge in [0.2, 0.25) is 0 Å². The lowest BCUT2D eigenvalue weighted by molar-refractivity contribution is 0.302. The van der Waals surface area contributed by atoms with Gasteiger partial charge in [-0.2, -0.15) is 5.26 Å². The Labute approximate surface area is 113 Å². The van der Waals surface area contributed by atoms with Crippen LogP contribution in [0.4, 0.5) is 5.69 Å². The highest BCUT2D eigenvalue weighted by molar-refractivity contribution is 5.52. The third-order valence-electron chi connectivity index (χ3n) is 2.95.